The predicted octanol–water partition coefficient (Wildman–Crippen LogP) is 2.97. The molecule has 0 spiro atoms. The van der Waals surface area contributed by atoms with Crippen molar-refractivity contribution in [2.45, 2.75) is 19.6 Å². The van der Waals surface area contributed by atoms with Crippen LogP contribution in [0.4, 0.5) is 19.0 Å². The van der Waals surface area contributed by atoms with Gasteiger partial charge in [-0.3, -0.25) is 4.90 Å². The number of hydrogen-bond donors (Lipinski definition) is 0. The van der Waals surface area contributed by atoms with Gasteiger partial charge < -0.3 is 9.32 Å². The van der Waals surface area contributed by atoms with Gasteiger partial charge in [-0.1, -0.05) is 0 Å². The molecule has 2 aromatic rings. The number of nitrogens with zero attached hydrogens (tertiary/aromatic N) is 4. The first-order valence-electron chi connectivity index (χ1n) is 8.30. The van der Waals surface area contributed by atoms with Crippen molar-refractivity contribution in [1.29, 1.82) is 0 Å². The van der Waals surface area contributed by atoms with E-state index < -0.39 is 11.7 Å². The molecule has 4 rings (SSSR count). The zero-order valence-electron chi connectivity index (χ0n) is 13.8. The third kappa shape index (κ3) is 3.22. The number of alkyl halides is 3. The van der Waals surface area contributed by atoms with E-state index in [1.165, 1.54) is 12.3 Å². The van der Waals surface area contributed by atoms with Crippen LogP contribution in [0.15, 0.2) is 29.0 Å². The number of likely N-dealkylation sites (tertiary alicyclic amines) is 1. The Hall–Kier alpha value is -2.09. The Morgan fingerprint density at radius 2 is 1.92 bits per heavy atom. The van der Waals surface area contributed by atoms with Crippen molar-refractivity contribution < 1.29 is 17.6 Å². The summed E-state index contributed by atoms with van der Waals surface area (Å²) in [6.45, 7) is 5.48. The number of anilines is 1. The molecule has 2 aliphatic rings. The highest BCUT2D eigenvalue weighted by molar-refractivity contribution is 5.49. The summed E-state index contributed by atoms with van der Waals surface area (Å²) in [4.78, 5) is 12.4. The van der Waals surface area contributed by atoms with Gasteiger partial charge in [-0.2, -0.15) is 13.2 Å². The normalized spacial score (nSPS) is 24.1. The lowest BCUT2D eigenvalue weighted by Crippen LogP contribution is -2.30. The summed E-state index contributed by atoms with van der Waals surface area (Å²) in [7, 11) is 0. The Morgan fingerprint density at radius 1 is 1.20 bits per heavy atom. The lowest BCUT2D eigenvalue weighted by Gasteiger charge is -2.24. The van der Waals surface area contributed by atoms with Gasteiger partial charge in [0.25, 0.3) is 0 Å². The summed E-state index contributed by atoms with van der Waals surface area (Å²) in [6.07, 6.45) is -1.28. The predicted molar refractivity (Wildman–Crippen MR) is 84.9 cm³/mol. The van der Waals surface area contributed by atoms with Crippen molar-refractivity contribution in [2.24, 2.45) is 11.8 Å². The molecule has 2 saturated heterocycles. The van der Waals surface area contributed by atoms with Crippen LogP contribution >= 0.6 is 0 Å². The summed E-state index contributed by atoms with van der Waals surface area (Å²) in [5.41, 5.74) is 0.253. The second kappa shape index (κ2) is 6.01. The number of oxazole rings is 1. The average Bonchev–Trinajstić information content (AvgIpc) is 3.21. The Bertz CT molecular complexity index is 746. The van der Waals surface area contributed by atoms with E-state index >= 15 is 0 Å². The van der Waals surface area contributed by atoms with Gasteiger partial charge in [-0.25, -0.2) is 9.97 Å². The number of fused-ring (bicyclic) bond motifs is 1. The second-order valence-electron chi connectivity index (χ2n) is 6.85. The molecule has 2 aromatic heterocycles. The molecule has 5 nitrogen and oxygen atoms in total. The first kappa shape index (κ1) is 16.4. The number of pyridine rings is 1. The molecular formula is C17H19F3N4O. The smallest absolute Gasteiger partial charge is 0.419 e. The minimum Gasteiger partial charge on any atom is -0.449 e. The van der Waals surface area contributed by atoms with E-state index in [0.717, 1.165) is 31.4 Å². The molecular weight excluding hydrogens is 333 g/mol. The SMILES string of the molecule is Cc1nc(CN2CC3CN(c4ncccc4C(F)(F)F)CC3C2)co1. The van der Waals surface area contributed by atoms with Crippen LogP contribution in [0, 0.1) is 18.8 Å². The van der Waals surface area contributed by atoms with E-state index in [-0.39, 0.29) is 5.82 Å². The van der Waals surface area contributed by atoms with Gasteiger partial charge in [0.15, 0.2) is 5.89 Å². The van der Waals surface area contributed by atoms with Gasteiger partial charge in [0.1, 0.15) is 12.1 Å². The van der Waals surface area contributed by atoms with E-state index in [0.29, 0.717) is 30.8 Å². The van der Waals surface area contributed by atoms with E-state index in [1.807, 2.05) is 6.92 Å². The molecule has 8 heteroatoms. The van der Waals surface area contributed by atoms with E-state index in [9.17, 15) is 13.2 Å². The molecule has 0 amide bonds. The molecule has 0 aromatic carbocycles. The van der Waals surface area contributed by atoms with Crippen molar-refractivity contribution in [3.63, 3.8) is 0 Å². The third-order valence-corrected chi connectivity index (χ3v) is 5.01. The van der Waals surface area contributed by atoms with E-state index in [1.54, 1.807) is 11.2 Å². The minimum atomic E-state index is -4.38. The number of aryl methyl sites for hydroxylation is 1. The van der Waals surface area contributed by atoms with Crippen LogP contribution in [-0.4, -0.2) is 41.0 Å². The van der Waals surface area contributed by atoms with Crippen LogP contribution in [0.2, 0.25) is 0 Å². The van der Waals surface area contributed by atoms with Crippen LogP contribution in [0.3, 0.4) is 0 Å². The summed E-state index contributed by atoms with van der Waals surface area (Å²) in [6, 6.07) is 2.44. The first-order valence-corrected chi connectivity index (χ1v) is 8.30. The zero-order valence-corrected chi connectivity index (χ0v) is 13.8. The highest BCUT2D eigenvalue weighted by Crippen LogP contribution is 2.39. The van der Waals surface area contributed by atoms with Crippen molar-refractivity contribution in [3.8, 4) is 0 Å². The van der Waals surface area contributed by atoms with Crippen molar-refractivity contribution in [3.05, 3.63) is 41.7 Å². The lowest BCUT2D eigenvalue weighted by molar-refractivity contribution is -0.137. The lowest BCUT2D eigenvalue weighted by atomic mass is 10.0. The minimum absolute atomic E-state index is 0.0584. The first-order chi connectivity index (χ1) is 11.9. The van der Waals surface area contributed by atoms with Crippen LogP contribution in [-0.2, 0) is 12.7 Å². The van der Waals surface area contributed by atoms with Crippen LogP contribution in [0.1, 0.15) is 17.1 Å². The average molecular weight is 352 g/mol. The molecule has 4 heterocycles. The highest BCUT2D eigenvalue weighted by atomic mass is 19.4. The fourth-order valence-corrected chi connectivity index (χ4v) is 3.97. The maximum Gasteiger partial charge on any atom is 0.419 e. The fraction of sp³-hybridized carbons (Fsp3) is 0.529. The summed E-state index contributed by atoms with van der Waals surface area (Å²) >= 11 is 0. The summed E-state index contributed by atoms with van der Waals surface area (Å²) < 4.78 is 44.9. The van der Waals surface area contributed by atoms with Crippen LogP contribution in [0.5, 0.6) is 0 Å². The molecule has 0 saturated carbocycles. The standard InChI is InChI=1S/C17H19F3N4O/c1-11-22-14(10-25-11)9-23-5-12-7-24(8-13(12)6-23)16-15(17(18,19)20)3-2-4-21-16/h2-4,10,12-13H,5-9H2,1H3. The van der Waals surface area contributed by atoms with Crippen molar-refractivity contribution in [1.82, 2.24) is 14.9 Å². The molecule has 0 bridgehead atoms. The second-order valence-corrected chi connectivity index (χ2v) is 6.85. The maximum absolute atomic E-state index is 13.2. The van der Waals surface area contributed by atoms with Gasteiger partial charge >= 0.3 is 6.18 Å². The Labute approximate surface area is 143 Å². The zero-order chi connectivity index (χ0) is 17.6. The van der Waals surface area contributed by atoms with Crippen molar-refractivity contribution >= 4 is 5.82 Å². The molecule has 134 valence electrons. The van der Waals surface area contributed by atoms with Crippen LogP contribution < -0.4 is 4.90 Å². The molecule has 2 fully saturated rings. The molecule has 0 aliphatic carbocycles. The number of hydrogen-bond acceptors (Lipinski definition) is 5. The van der Waals surface area contributed by atoms with Crippen LogP contribution in [0.25, 0.3) is 0 Å². The number of aromatic nitrogens is 2. The molecule has 2 aliphatic heterocycles. The Balaban J connectivity index is 1.43. The Morgan fingerprint density at radius 3 is 2.52 bits per heavy atom. The number of halogens is 3. The topological polar surface area (TPSA) is 45.4 Å². The van der Waals surface area contributed by atoms with E-state index in [2.05, 4.69) is 14.9 Å². The van der Waals surface area contributed by atoms with Gasteiger partial charge in [-0.15, -0.1) is 0 Å². The van der Waals surface area contributed by atoms with Gasteiger partial charge in [-0.05, 0) is 24.0 Å². The molecule has 25 heavy (non-hydrogen) atoms. The summed E-state index contributed by atoms with van der Waals surface area (Å²) in [5, 5.41) is 0. The van der Waals surface area contributed by atoms with Gasteiger partial charge in [0.2, 0.25) is 0 Å². The van der Waals surface area contributed by atoms with Crippen molar-refractivity contribution in [2.75, 3.05) is 31.1 Å². The quantitative estimate of drug-likeness (QED) is 0.850. The summed E-state index contributed by atoms with van der Waals surface area (Å²) in [5.74, 6) is 1.42. The molecule has 0 N–H and O–H groups in total. The van der Waals surface area contributed by atoms with Gasteiger partial charge in [0, 0.05) is 45.8 Å². The Kier molecular flexibility index (Phi) is 3.94. The molecule has 2 atom stereocenters. The highest BCUT2D eigenvalue weighted by Gasteiger charge is 2.43. The molecule has 2 unspecified atom stereocenters. The molecule has 0 radical (unpaired) electrons. The number of rotatable bonds is 3. The van der Waals surface area contributed by atoms with E-state index in [4.69, 9.17) is 4.42 Å². The largest absolute Gasteiger partial charge is 0.449 e. The monoisotopic (exact) mass is 352 g/mol. The van der Waals surface area contributed by atoms with Gasteiger partial charge in [0.05, 0.1) is 11.3 Å². The third-order valence-electron chi connectivity index (χ3n) is 5.01. The maximum atomic E-state index is 13.2. The fourth-order valence-electron chi connectivity index (χ4n) is 3.97.